The molecule has 1 atom stereocenters. The van der Waals surface area contributed by atoms with Crippen molar-refractivity contribution in [1.29, 1.82) is 0 Å². The Morgan fingerprint density at radius 3 is 2.32 bits per heavy atom. The molecule has 1 unspecified atom stereocenters. The largest absolute Gasteiger partial charge is 0.457 e. The molecule has 2 aromatic carbocycles. The van der Waals surface area contributed by atoms with Crippen LogP contribution in [0.15, 0.2) is 48.5 Å². The van der Waals surface area contributed by atoms with Gasteiger partial charge in [-0.2, -0.15) is 13.2 Å². The van der Waals surface area contributed by atoms with E-state index in [4.69, 9.17) is 4.74 Å². The van der Waals surface area contributed by atoms with Crippen molar-refractivity contribution in [2.75, 3.05) is 7.05 Å². The summed E-state index contributed by atoms with van der Waals surface area (Å²) in [6, 6.07) is 12.6. The second-order valence-electron chi connectivity index (χ2n) is 5.17. The molecule has 2 rings (SSSR count). The van der Waals surface area contributed by atoms with Gasteiger partial charge in [0.05, 0.1) is 5.56 Å². The number of alkyl halides is 3. The van der Waals surface area contributed by atoms with Crippen LogP contribution in [0.2, 0.25) is 0 Å². The summed E-state index contributed by atoms with van der Waals surface area (Å²) in [5, 5.41) is 3.16. The second-order valence-corrected chi connectivity index (χ2v) is 5.17. The van der Waals surface area contributed by atoms with Gasteiger partial charge in [-0.3, -0.25) is 0 Å². The molecule has 0 amide bonds. The highest BCUT2D eigenvalue weighted by Crippen LogP contribution is 2.31. The van der Waals surface area contributed by atoms with Crippen molar-refractivity contribution < 1.29 is 17.9 Å². The first kappa shape index (κ1) is 16.4. The standard InChI is InChI=1S/C17H18F3NO/c1-12(21-2)10-13-4-3-5-16(11-13)22-15-8-6-14(7-9-15)17(18,19)20/h3-9,11-12,21H,10H2,1-2H3. The number of benzene rings is 2. The molecule has 0 heterocycles. The Hall–Kier alpha value is -2.01. The highest BCUT2D eigenvalue weighted by molar-refractivity contribution is 5.36. The number of nitrogens with one attached hydrogen (secondary N) is 1. The van der Waals surface area contributed by atoms with E-state index >= 15 is 0 Å². The van der Waals surface area contributed by atoms with Crippen molar-refractivity contribution in [1.82, 2.24) is 5.32 Å². The van der Waals surface area contributed by atoms with E-state index in [1.54, 1.807) is 6.07 Å². The minimum Gasteiger partial charge on any atom is -0.457 e. The third kappa shape index (κ3) is 4.49. The van der Waals surface area contributed by atoms with Gasteiger partial charge in [-0.1, -0.05) is 12.1 Å². The van der Waals surface area contributed by atoms with Gasteiger partial charge in [0.15, 0.2) is 0 Å². The van der Waals surface area contributed by atoms with Crippen molar-refractivity contribution in [2.45, 2.75) is 25.6 Å². The molecule has 2 nitrogen and oxygen atoms in total. The van der Waals surface area contributed by atoms with Crippen LogP contribution in [0.4, 0.5) is 13.2 Å². The summed E-state index contributed by atoms with van der Waals surface area (Å²) in [6.07, 6.45) is -3.48. The van der Waals surface area contributed by atoms with E-state index in [2.05, 4.69) is 12.2 Å². The van der Waals surface area contributed by atoms with Crippen LogP contribution in [0, 0.1) is 0 Å². The molecular formula is C17H18F3NO. The number of halogens is 3. The molecule has 0 radical (unpaired) electrons. The lowest BCUT2D eigenvalue weighted by Crippen LogP contribution is -2.23. The molecule has 0 aliphatic carbocycles. The van der Waals surface area contributed by atoms with Crippen LogP contribution in [-0.4, -0.2) is 13.1 Å². The molecule has 1 N–H and O–H groups in total. The summed E-state index contributed by atoms with van der Waals surface area (Å²) in [7, 11) is 1.90. The quantitative estimate of drug-likeness (QED) is 0.868. The van der Waals surface area contributed by atoms with E-state index in [1.807, 2.05) is 25.2 Å². The van der Waals surface area contributed by atoms with Gasteiger partial charge in [0.2, 0.25) is 0 Å². The van der Waals surface area contributed by atoms with Gasteiger partial charge in [0, 0.05) is 6.04 Å². The summed E-state index contributed by atoms with van der Waals surface area (Å²) < 4.78 is 43.1. The van der Waals surface area contributed by atoms with Gasteiger partial charge in [-0.05, 0) is 62.4 Å². The van der Waals surface area contributed by atoms with Crippen LogP contribution >= 0.6 is 0 Å². The fourth-order valence-electron chi connectivity index (χ4n) is 2.04. The minimum absolute atomic E-state index is 0.335. The smallest absolute Gasteiger partial charge is 0.416 e. The van der Waals surface area contributed by atoms with E-state index in [0.717, 1.165) is 24.1 Å². The molecule has 0 spiro atoms. The van der Waals surface area contributed by atoms with Crippen LogP contribution in [0.3, 0.4) is 0 Å². The van der Waals surface area contributed by atoms with E-state index in [0.29, 0.717) is 17.5 Å². The number of hydrogen-bond acceptors (Lipinski definition) is 2. The van der Waals surface area contributed by atoms with Crippen LogP contribution in [0.25, 0.3) is 0 Å². The van der Waals surface area contributed by atoms with Crippen molar-refractivity contribution >= 4 is 0 Å². The number of ether oxygens (including phenoxy) is 1. The first-order chi connectivity index (χ1) is 10.4. The summed E-state index contributed by atoms with van der Waals surface area (Å²) in [5.41, 5.74) is 0.419. The fraction of sp³-hybridized carbons (Fsp3) is 0.294. The zero-order chi connectivity index (χ0) is 16.2. The molecule has 2 aromatic rings. The lowest BCUT2D eigenvalue weighted by atomic mass is 10.1. The molecule has 0 aliphatic heterocycles. The molecule has 0 aliphatic rings. The summed E-state index contributed by atoms with van der Waals surface area (Å²) in [4.78, 5) is 0. The molecule has 0 fully saturated rings. The van der Waals surface area contributed by atoms with E-state index < -0.39 is 11.7 Å². The van der Waals surface area contributed by atoms with Gasteiger partial charge < -0.3 is 10.1 Å². The van der Waals surface area contributed by atoms with Crippen molar-refractivity contribution in [3.05, 3.63) is 59.7 Å². The first-order valence-electron chi connectivity index (χ1n) is 7.00. The van der Waals surface area contributed by atoms with Crippen LogP contribution in [0.1, 0.15) is 18.1 Å². The Kier molecular flexibility index (Phi) is 5.08. The molecule has 22 heavy (non-hydrogen) atoms. The average Bonchev–Trinajstić information content (AvgIpc) is 2.47. The summed E-state index contributed by atoms with van der Waals surface area (Å²) >= 11 is 0. The van der Waals surface area contributed by atoms with Crippen LogP contribution < -0.4 is 10.1 Å². The van der Waals surface area contributed by atoms with E-state index in [-0.39, 0.29) is 0 Å². The maximum Gasteiger partial charge on any atom is 0.416 e. The maximum absolute atomic E-state index is 12.5. The number of rotatable bonds is 5. The average molecular weight is 309 g/mol. The normalized spacial score (nSPS) is 13.0. The molecule has 0 aromatic heterocycles. The fourth-order valence-corrected chi connectivity index (χ4v) is 2.04. The Labute approximate surface area is 127 Å². The van der Waals surface area contributed by atoms with Gasteiger partial charge >= 0.3 is 6.18 Å². The first-order valence-corrected chi connectivity index (χ1v) is 7.00. The minimum atomic E-state index is -4.33. The van der Waals surface area contributed by atoms with Crippen molar-refractivity contribution in [2.24, 2.45) is 0 Å². The monoisotopic (exact) mass is 309 g/mol. The second kappa shape index (κ2) is 6.83. The highest BCUT2D eigenvalue weighted by Gasteiger charge is 2.30. The predicted octanol–water partition coefficient (Wildman–Crippen LogP) is 4.65. The van der Waals surface area contributed by atoms with Crippen molar-refractivity contribution in [3.63, 3.8) is 0 Å². The van der Waals surface area contributed by atoms with Crippen molar-refractivity contribution in [3.8, 4) is 11.5 Å². The third-order valence-corrected chi connectivity index (χ3v) is 3.35. The SMILES string of the molecule is CNC(C)Cc1cccc(Oc2ccc(C(F)(F)F)cc2)c1. The summed E-state index contributed by atoms with van der Waals surface area (Å²) in [6.45, 7) is 2.07. The topological polar surface area (TPSA) is 21.3 Å². The molecule has 5 heteroatoms. The van der Waals surface area contributed by atoms with E-state index in [1.165, 1.54) is 12.1 Å². The predicted molar refractivity (Wildman–Crippen MR) is 80.2 cm³/mol. The molecule has 0 saturated heterocycles. The van der Waals surface area contributed by atoms with Gasteiger partial charge in [-0.15, -0.1) is 0 Å². The molecular weight excluding hydrogens is 291 g/mol. The molecule has 0 bridgehead atoms. The van der Waals surface area contributed by atoms with Crippen LogP contribution in [0.5, 0.6) is 11.5 Å². The lowest BCUT2D eigenvalue weighted by molar-refractivity contribution is -0.137. The van der Waals surface area contributed by atoms with E-state index in [9.17, 15) is 13.2 Å². The third-order valence-electron chi connectivity index (χ3n) is 3.35. The number of likely N-dealkylation sites (N-methyl/N-ethyl adjacent to an activating group) is 1. The summed E-state index contributed by atoms with van der Waals surface area (Å²) in [5.74, 6) is 0.993. The van der Waals surface area contributed by atoms with Gasteiger partial charge in [0.1, 0.15) is 11.5 Å². The molecule has 118 valence electrons. The number of hydrogen-bond donors (Lipinski definition) is 1. The lowest BCUT2D eigenvalue weighted by Gasteiger charge is -2.12. The Morgan fingerprint density at radius 1 is 1.05 bits per heavy atom. The zero-order valence-electron chi connectivity index (χ0n) is 12.4. The molecule has 0 saturated carbocycles. The Morgan fingerprint density at radius 2 is 1.73 bits per heavy atom. The Bertz CT molecular complexity index is 608. The van der Waals surface area contributed by atoms with Gasteiger partial charge in [0.25, 0.3) is 0 Å². The van der Waals surface area contributed by atoms with Gasteiger partial charge in [-0.25, -0.2) is 0 Å². The van der Waals surface area contributed by atoms with Crippen LogP contribution in [-0.2, 0) is 12.6 Å². The Balaban J connectivity index is 2.09. The highest BCUT2D eigenvalue weighted by atomic mass is 19.4. The zero-order valence-corrected chi connectivity index (χ0v) is 12.4. The maximum atomic E-state index is 12.5.